The predicted octanol–water partition coefficient (Wildman–Crippen LogP) is 4.35. The fourth-order valence-corrected chi connectivity index (χ4v) is 3.20. The van der Waals surface area contributed by atoms with Crippen LogP contribution in [0.3, 0.4) is 0 Å². The molecule has 0 radical (unpaired) electrons. The van der Waals surface area contributed by atoms with Gasteiger partial charge in [-0.15, -0.1) is 0 Å². The van der Waals surface area contributed by atoms with Gasteiger partial charge in [0.2, 0.25) is 0 Å². The van der Waals surface area contributed by atoms with E-state index in [2.05, 4.69) is 21.6 Å². The molecule has 0 saturated carbocycles. The number of hydrazone groups is 1. The van der Waals surface area contributed by atoms with E-state index in [1.807, 2.05) is 6.92 Å². The van der Waals surface area contributed by atoms with Crippen molar-refractivity contribution < 1.29 is 19.1 Å². The molecule has 0 aliphatic heterocycles. The zero-order chi connectivity index (χ0) is 24.5. The van der Waals surface area contributed by atoms with Crippen LogP contribution in [0.25, 0.3) is 0 Å². The van der Waals surface area contributed by atoms with E-state index >= 15 is 0 Å². The number of nitro benzene ring substituents is 1. The predicted molar refractivity (Wildman–Crippen MR) is 126 cm³/mol. The lowest BCUT2D eigenvalue weighted by atomic mass is 10.1. The summed E-state index contributed by atoms with van der Waals surface area (Å²) in [5.41, 5.74) is 6.00. The van der Waals surface area contributed by atoms with Gasteiger partial charge in [0.15, 0.2) is 17.3 Å². The summed E-state index contributed by atoms with van der Waals surface area (Å²) in [6.07, 6.45) is 1.54. The number of hydrogen-bond donors (Lipinski definition) is 1. The summed E-state index contributed by atoms with van der Waals surface area (Å²) in [4.78, 5) is 14.8. The van der Waals surface area contributed by atoms with Crippen LogP contribution in [-0.4, -0.2) is 30.3 Å². The number of nitro groups is 1. The van der Waals surface area contributed by atoms with Gasteiger partial charge < -0.3 is 14.2 Å². The number of aryl methyl sites for hydroxylation is 1. The van der Waals surface area contributed by atoms with Crippen molar-refractivity contribution in [1.82, 2.24) is 4.98 Å². The fraction of sp³-hybridized carbons (Fsp3) is 0.208. The second-order valence-electron chi connectivity index (χ2n) is 7.15. The molecule has 1 heterocycles. The summed E-state index contributed by atoms with van der Waals surface area (Å²) in [5.74, 6) is 1.27. The Kier molecular flexibility index (Phi) is 8.10. The summed E-state index contributed by atoms with van der Waals surface area (Å²) in [6.45, 7) is 2.27. The molecular formula is C24H23N5O5. The monoisotopic (exact) mass is 461 g/mol. The Morgan fingerprint density at radius 2 is 1.97 bits per heavy atom. The average Bonchev–Trinajstić information content (AvgIpc) is 2.83. The second-order valence-corrected chi connectivity index (χ2v) is 7.15. The standard InChI is InChI=1S/C24H23N5O5/c1-16-11-19(15-32-2)21(12-25)24(27-16)28-26-13-18-5-4-6-22(33-3)23(18)34-14-17-7-9-20(10-8-17)29(30)31/h4-11,13H,14-15H2,1-3H3,(H,27,28)/b26-13+. The lowest BCUT2D eigenvalue weighted by Gasteiger charge is -2.13. The van der Waals surface area contributed by atoms with Crippen LogP contribution in [-0.2, 0) is 18.0 Å². The smallest absolute Gasteiger partial charge is 0.269 e. The normalized spacial score (nSPS) is 10.6. The maximum atomic E-state index is 10.8. The molecular weight excluding hydrogens is 438 g/mol. The maximum Gasteiger partial charge on any atom is 0.269 e. The molecule has 0 unspecified atom stereocenters. The summed E-state index contributed by atoms with van der Waals surface area (Å²) >= 11 is 0. The molecule has 0 spiro atoms. The topological polar surface area (TPSA) is 132 Å². The highest BCUT2D eigenvalue weighted by Gasteiger charge is 2.13. The number of benzene rings is 2. The number of non-ortho nitro benzene ring substituents is 1. The number of para-hydroxylation sites is 1. The van der Waals surface area contributed by atoms with Gasteiger partial charge in [-0.2, -0.15) is 10.4 Å². The van der Waals surface area contributed by atoms with Gasteiger partial charge in [-0.25, -0.2) is 4.98 Å². The van der Waals surface area contributed by atoms with Crippen LogP contribution in [0, 0.1) is 28.4 Å². The molecule has 3 aromatic rings. The summed E-state index contributed by atoms with van der Waals surface area (Å²) in [6, 6.07) is 15.4. The van der Waals surface area contributed by atoms with Crippen LogP contribution >= 0.6 is 0 Å². The van der Waals surface area contributed by atoms with Gasteiger partial charge in [0.05, 0.1) is 24.9 Å². The zero-order valence-corrected chi connectivity index (χ0v) is 18.9. The highest BCUT2D eigenvalue weighted by atomic mass is 16.6. The van der Waals surface area contributed by atoms with E-state index in [0.717, 1.165) is 11.3 Å². The molecule has 0 saturated heterocycles. The van der Waals surface area contributed by atoms with E-state index in [1.165, 1.54) is 25.5 Å². The second kappa shape index (κ2) is 11.4. The van der Waals surface area contributed by atoms with E-state index in [0.29, 0.717) is 34.0 Å². The number of ether oxygens (including phenoxy) is 3. The lowest BCUT2D eigenvalue weighted by Crippen LogP contribution is -2.04. The average molecular weight is 461 g/mol. The van der Waals surface area contributed by atoms with Crippen LogP contribution in [0.1, 0.15) is 27.9 Å². The number of methoxy groups -OCH3 is 2. The van der Waals surface area contributed by atoms with E-state index in [4.69, 9.17) is 14.2 Å². The highest BCUT2D eigenvalue weighted by Crippen LogP contribution is 2.31. The number of rotatable bonds is 10. The van der Waals surface area contributed by atoms with Gasteiger partial charge in [0.25, 0.3) is 5.69 Å². The minimum absolute atomic E-state index is 0.00934. The summed E-state index contributed by atoms with van der Waals surface area (Å²) < 4.78 is 16.6. The Labute approximate surface area is 196 Å². The molecule has 0 bridgehead atoms. The highest BCUT2D eigenvalue weighted by molar-refractivity contribution is 5.85. The van der Waals surface area contributed by atoms with Crippen molar-refractivity contribution in [2.75, 3.05) is 19.6 Å². The fourth-order valence-electron chi connectivity index (χ4n) is 3.20. The zero-order valence-electron chi connectivity index (χ0n) is 18.9. The van der Waals surface area contributed by atoms with Crippen LogP contribution in [0.2, 0.25) is 0 Å². The van der Waals surface area contributed by atoms with Crippen LogP contribution in [0.4, 0.5) is 11.5 Å². The van der Waals surface area contributed by atoms with Crippen LogP contribution < -0.4 is 14.9 Å². The van der Waals surface area contributed by atoms with Crippen molar-refractivity contribution in [3.8, 4) is 17.6 Å². The van der Waals surface area contributed by atoms with Gasteiger partial charge >= 0.3 is 0 Å². The Morgan fingerprint density at radius 3 is 2.62 bits per heavy atom. The molecule has 10 heteroatoms. The molecule has 0 amide bonds. The molecule has 0 aliphatic carbocycles. The minimum Gasteiger partial charge on any atom is -0.493 e. The molecule has 2 aromatic carbocycles. The minimum atomic E-state index is -0.453. The third kappa shape index (κ3) is 5.85. The summed E-state index contributed by atoms with van der Waals surface area (Å²) in [5, 5.41) is 24.6. The molecule has 10 nitrogen and oxygen atoms in total. The van der Waals surface area contributed by atoms with E-state index in [1.54, 1.807) is 43.5 Å². The van der Waals surface area contributed by atoms with Crippen molar-refractivity contribution in [3.05, 3.63) is 86.6 Å². The summed E-state index contributed by atoms with van der Waals surface area (Å²) in [7, 11) is 3.09. The van der Waals surface area contributed by atoms with Crippen molar-refractivity contribution in [2.45, 2.75) is 20.1 Å². The van der Waals surface area contributed by atoms with Gasteiger partial charge in [0.1, 0.15) is 18.2 Å². The third-order valence-corrected chi connectivity index (χ3v) is 4.77. The molecule has 0 fully saturated rings. The molecule has 1 aromatic heterocycles. The van der Waals surface area contributed by atoms with Crippen molar-refractivity contribution in [3.63, 3.8) is 0 Å². The maximum absolute atomic E-state index is 10.8. The Bertz CT molecular complexity index is 1240. The first-order valence-corrected chi connectivity index (χ1v) is 10.2. The first-order chi connectivity index (χ1) is 16.5. The molecule has 1 N–H and O–H groups in total. The van der Waals surface area contributed by atoms with Crippen LogP contribution in [0.5, 0.6) is 11.5 Å². The number of nitriles is 1. The quantitative estimate of drug-likeness (QED) is 0.268. The molecule has 3 rings (SSSR count). The lowest BCUT2D eigenvalue weighted by molar-refractivity contribution is -0.384. The number of nitrogens with one attached hydrogen (secondary N) is 1. The van der Waals surface area contributed by atoms with Gasteiger partial charge in [-0.3, -0.25) is 15.5 Å². The third-order valence-electron chi connectivity index (χ3n) is 4.77. The van der Waals surface area contributed by atoms with Gasteiger partial charge in [-0.1, -0.05) is 6.07 Å². The number of aromatic nitrogens is 1. The molecule has 34 heavy (non-hydrogen) atoms. The number of anilines is 1. The molecule has 0 aliphatic rings. The van der Waals surface area contributed by atoms with E-state index in [-0.39, 0.29) is 18.9 Å². The van der Waals surface area contributed by atoms with Crippen LogP contribution in [0.15, 0.2) is 53.6 Å². The first kappa shape index (κ1) is 24.2. The number of hydrogen-bond acceptors (Lipinski definition) is 9. The Balaban J connectivity index is 1.82. The van der Waals surface area contributed by atoms with Gasteiger partial charge in [0, 0.05) is 36.1 Å². The van der Waals surface area contributed by atoms with Crippen molar-refractivity contribution in [2.24, 2.45) is 5.10 Å². The Morgan fingerprint density at radius 1 is 1.21 bits per heavy atom. The molecule has 174 valence electrons. The molecule has 0 atom stereocenters. The van der Waals surface area contributed by atoms with E-state index in [9.17, 15) is 15.4 Å². The largest absolute Gasteiger partial charge is 0.493 e. The van der Waals surface area contributed by atoms with Crippen molar-refractivity contribution in [1.29, 1.82) is 5.26 Å². The van der Waals surface area contributed by atoms with E-state index < -0.39 is 4.92 Å². The number of nitrogens with zero attached hydrogens (tertiary/aromatic N) is 4. The first-order valence-electron chi connectivity index (χ1n) is 10.2. The SMILES string of the molecule is COCc1cc(C)nc(N/N=C/c2cccc(OC)c2OCc2ccc([N+](=O)[O-])cc2)c1C#N. The van der Waals surface area contributed by atoms with Gasteiger partial charge in [-0.05, 0) is 42.8 Å². The van der Waals surface area contributed by atoms with Crippen molar-refractivity contribution >= 4 is 17.7 Å². The number of pyridine rings is 1. The Hall–Kier alpha value is -4.49.